The van der Waals surface area contributed by atoms with Crippen LogP contribution in [-0.4, -0.2) is 6.54 Å². The molecule has 1 nitrogen and oxygen atoms in total. The van der Waals surface area contributed by atoms with Crippen LogP contribution < -0.4 is 5.32 Å². The lowest BCUT2D eigenvalue weighted by Gasteiger charge is -2.19. The average Bonchev–Trinajstić information content (AvgIpc) is 3.14. The molecule has 0 bridgehead atoms. The summed E-state index contributed by atoms with van der Waals surface area (Å²) in [6, 6.07) is 2.92. The molecule has 1 aliphatic rings. The average molecular weight is 290 g/mol. The summed E-state index contributed by atoms with van der Waals surface area (Å²) >= 11 is 11.8. The highest BCUT2D eigenvalue weighted by Crippen LogP contribution is 2.36. The lowest BCUT2D eigenvalue weighted by Crippen LogP contribution is -2.25. The lowest BCUT2D eigenvalue weighted by molar-refractivity contribution is 0.431. The summed E-state index contributed by atoms with van der Waals surface area (Å²) in [5, 5.41) is 4.00. The largest absolute Gasteiger partial charge is 0.310 e. The van der Waals surface area contributed by atoms with Gasteiger partial charge in [0, 0.05) is 11.1 Å². The first kappa shape index (κ1) is 14.1. The van der Waals surface area contributed by atoms with Crippen molar-refractivity contribution in [1.82, 2.24) is 5.32 Å². The maximum absolute atomic E-state index is 13.4. The standard InChI is InChI=1S/C14H18Cl2FN/c1-8(10-3-4-10)7-18-9(2)11-5-14(17)13(16)6-12(11)15/h5-6,8-10,18H,3-4,7H2,1-2H3. The van der Waals surface area contributed by atoms with Gasteiger partial charge in [0.15, 0.2) is 0 Å². The van der Waals surface area contributed by atoms with Crippen molar-refractivity contribution in [2.24, 2.45) is 11.8 Å². The zero-order valence-corrected chi connectivity index (χ0v) is 12.2. The maximum Gasteiger partial charge on any atom is 0.142 e. The van der Waals surface area contributed by atoms with E-state index in [1.807, 2.05) is 6.92 Å². The van der Waals surface area contributed by atoms with Crippen LogP contribution in [0.15, 0.2) is 12.1 Å². The van der Waals surface area contributed by atoms with Crippen LogP contribution in [0.3, 0.4) is 0 Å². The Labute approximate surface area is 118 Å². The van der Waals surface area contributed by atoms with Gasteiger partial charge in [0.25, 0.3) is 0 Å². The summed E-state index contributed by atoms with van der Waals surface area (Å²) in [5.74, 6) is 1.12. The van der Waals surface area contributed by atoms with Crippen LogP contribution in [-0.2, 0) is 0 Å². The van der Waals surface area contributed by atoms with Crippen LogP contribution >= 0.6 is 23.2 Å². The van der Waals surface area contributed by atoms with Crippen molar-refractivity contribution >= 4 is 23.2 Å². The van der Waals surface area contributed by atoms with Crippen LogP contribution in [0, 0.1) is 17.7 Å². The molecule has 0 aromatic heterocycles. The molecule has 2 unspecified atom stereocenters. The van der Waals surface area contributed by atoms with Crippen LogP contribution in [0.4, 0.5) is 4.39 Å². The molecule has 1 fully saturated rings. The van der Waals surface area contributed by atoms with E-state index in [4.69, 9.17) is 23.2 Å². The molecule has 2 rings (SSSR count). The Morgan fingerprint density at radius 1 is 1.28 bits per heavy atom. The van der Waals surface area contributed by atoms with Gasteiger partial charge in [0.1, 0.15) is 5.82 Å². The molecule has 0 heterocycles. The highest BCUT2D eigenvalue weighted by Gasteiger charge is 2.27. The Morgan fingerprint density at radius 3 is 2.56 bits per heavy atom. The molecule has 0 aliphatic heterocycles. The molecule has 18 heavy (non-hydrogen) atoms. The van der Waals surface area contributed by atoms with Gasteiger partial charge in [-0.25, -0.2) is 4.39 Å². The summed E-state index contributed by atoms with van der Waals surface area (Å²) in [4.78, 5) is 0. The Balaban J connectivity index is 1.99. The van der Waals surface area contributed by atoms with E-state index in [1.54, 1.807) is 0 Å². The van der Waals surface area contributed by atoms with E-state index < -0.39 is 5.82 Å². The Morgan fingerprint density at radius 2 is 1.94 bits per heavy atom. The second kappa shape index (κ2) is 5.77. The van der Waals surface area contributed by atoms with Gasteiger partial charge in [-0.1, -0.05) is 30.1 Å². The minimum absolute atomic E-state index is 0.0328. The molecule has 4 heteroatoms. The summed E-state index contributed by atoms with van der Waals surface area (Å²) in [5.41, 5.74) is 0.765. The molecule has 0 radical (unpaired) electrons. The van der Waals surface area contributed by atoms with Crippen molar-refractivity contribution in [3.8, 4) is 0 Å². The van der Waals surface area contributed by atoms with E-state index in [1.165, 1.54) is 25.0 Å². The van der Waals surface area contributed by atoms with Crippen molar-refractivity contribution in [2.75, 3.05) is 6.54 Å². The van der Waals surface area contributed by atoms with Crippen molar-refractivity contribution in [3.63, 3.8) is 0 Å². The third kappa shape index (κ3) is 3.37. The van der Waals surface area contributed by atoms with E-state index in [2.05, 4.69) is 12.2 Å². The molecular weight excluding hydrogens is 272 g/mol. The predicted octanol–water partition coefficient (Wildman–Crippen LogP) is 4.83. The highest BCUT2D eigenvalue weighted by molar-refractivity contribution is 6.35. The van der Waals surface area contributed by atoms with Crippen LogP contribution in [0.5, 0.6) is 0 Å². The van der Waals surface area contributed by atoms with Crippen molar-refractivity contribution in [1.29, 1.82) is 0 Å². The molecule has 1 N–H and O–H groups in total. The van der Waals surface area contributed by atoms with E-state index in [-0.39, 0.29) is 11.1 Å². The maximum atomic E-state index is 13.4. The van der Waals surface area contributed by atoms with Crippen LogP contribution in [0.25, 0.3) is 0 Å². The second-order valence-corrected chi connectivity index (χ2v) is 6.05. The number of rotatable bonds is 5. The molecule has 1 aliphatic carbocycles. The van der Waals surface area contributed by atoms with E-state index >= 15 is 0 Å². The van der Waals surface area contributed by atoms with Crippen molar-refractivity contribution in [3.05, 3.63) is 33.6 Å². The summed E-state index contributed by atoms with van der Waals surface area (Å²) in [6.45, 7) is 5.18. The molecule has 1 aromatic rings. The topological polar surface area (TPSA) is 12.0 Å². The van der Waals surface area contributed by atoms with Gasteiger partial charge in [-0.2, -0.15) is 0 Å². The van der Waals surface area contributed by atoms with Gasteiger partial charge in [-0.3, -0.25) is 0 Å². The minimum atomic E-state index is -0.417. The van der Waals surface area contributed by atoms with Gasteiger partial charge in [-0.15, -0.1) is 0 Å². The molecule has 100 valence electrons. The quantitative estimate of drug-likeness (QED) is 0.766. The van der Waals surface area contributed by atoms with Crippen molar-refractivity contribution < 1.29 is 4.39 Å². The van der Waals surface area contributed by atoms with Gasteiger partial charge in [0.2, 0.25) is 0 Å². The van der Waals surface area contributed by atoms with Gasteiger partial charge >= 0.3 is 0 Å². The zero-order valence-electron chi connectivity index (χ0n) is 10.6. The molecule has 0 amide bonds. The molecule has 0 saturated heterocycles. The van der Waals surface area contributed by atoms with Gasteiger partial charge in [-0.05, 0) is 55.8 Å². The monoisotopic (exact) mass is 289 g/mol. The summed E-state index contributed by atoms with van der Waals surface area (Å²) < 4.78 is 13.4. The normalized spacial score (nSPS) is 18.7. The third-order valence-electron chi connectivity index (χ3n) is 3.68. The van der Waals surface area contributed by atoms with Crippen LogP contribution in [0.2, 0.25) is 10.0 Å². The second-order valence-electron chi connectivity index (χ2n) is 5.23. The SMILES string of the molecule is CC(NCC(C)C1CC1)c1cc(F)c(Cl)cc1Cl. The van der Waals surface area contributed by atoms with E-state index in [0.29, 0.717) is 10.9 Å². The third-order valence-corrected chi connectivity index (χ3v) is 4.30. The Bertz CT molecular complexity index is 432. The fraction of sp³-hybridized carbons (Fsp3) is 0.571. The number of benzene rings is 1. The zero-order chi connectivity index (χ0) is 13.3. The van der Waals surface area contributed by atoms with Crippen molar-refractivity contribution in [2.45, 2.75) is 32.7 Å². The lowest BCUT2D eigenvalue weighted by atomic mass is 10.0. The fourth-order valence-electron chi connectivity index (χ4n) is 2.17. The van der Waals surface area contributed by atoms with E-state index in [9.17, 15) is 4.39 Å². The highest BCUT2D eigenvalue weighted by atomic mass is 35.5. The number of nitrogens with one attached hydrogen (secondary N) is 1. The Kier molecular flexibility index (Phi) is 4.52. The smallest absolute Gasteiger partial charge is 0.142 e. The number of hydrogen-bond donors (Lipinski definition) is 1. The first-order valence-corrected chi connectivity index (χ1v) is 7.12. The molecule has 1 aromatic carbocycles. The molecule has 2 atom stereocenters. The van der Waals surface area contributed by atoms with Gasteiger partial charge < -0.3 is 5.32 Å². The fourth-order valence-corrected chi connectivity index (χ4v) is 2.72. The molecular formula is C14H18Cl2FN. The minimum Gasteiger partial charge on any atom is -0.310 e. The Hall–Kier alpha value is -0.310. The van der Waals surface area contributed by atoms with E-state index in [0.717, 1.165) is 18.0 Å². The van der Waals surface area contributed by atoms with Gasteiger partial charge in [0.05, 0.1) is 5.02 Å². The first-order chi connectivity index (χ1) is 8.49. The number of hydrogen-bond acceptors (Lipinski definition) is 1. The molecule has 0 spiro atoms. The first-order valence-electron chi connectivity index (χ1n) is 6.37. The summed E-state index contributed by atoms with van der Waals surface area (Å²) in [6.07, 6.45) is 2.68. The van der Waals surface area contributed by atoms with Crippen LogP contribution in [0.1, 0.15) is 38.3 Å². The summed E-state index contributed by atoms with van der Waals surface area (Å²) in [7, 11) is 0. The number of halogens is 3. The predicted molar refractivity (Wildman–Crippen MR) is 74.7 cm³/mol. The molecule has 1 saturated carbocycles.